The van der Waals surface area contributed by atoms with Crippen molar-refractivity contribution in [1.29, 1.82) is 0 Å². The number of rotatable bonds is 6. The summed E-state index contributed by atoms with van der Waals surface area (Å²) in [5, 5.41) is 1.60. The minimum atomic E-state index is -0.320. The van der Waals surface area contributed by atoms with E-state index in [0.717, 1.165) is 30.0 Å². The van der Waals surface area contributed by atoms with Crippen molar-refractivity contribution >= 4 is 27.3 Å². The number of hydrogen-bond donors (Lipinski definition) is 1. The van der Waals surface area contributed by atoms with Gasteiger partial charge in [-0.2, -0.15) is 0 Å². The van der Waals surface area contributed by atoms with Crippen molar-refractivity contribution in [3.05, 3.63) is 11.1 Å². The van der Waals surface area contributed by atoms with Crippen molar-refractivity contribution in [2.24, 2.45) is 0 Å². The largest absolute Gasteiger partial charge is 0.462 e. The molecule has 1 heterocycles. The lowest BCUT2D eigenvalue weighted by Crippen LogP contribution is -2.18. The Labute approximate surface area is 113 Å². The van der Waals surface area contributed by atoms with Gasteiger partial charge in [-0.1, -0.05) is 13.3 Å². The number of esters is 1. The average Bonchev–Trinajstić information content (AvgIpc) is 2.62. The van der Waals surface area contributed by atoms with E-state index < -0.39 is 0 Å². The molecule has 0 unspecified atom stereocenters. The molecule has 1 aromatic rings. The molecule has 0 aliphatic rings. The monoisotopic (exact) mass is 270 g/mol. The third-order valence-corrected chi connectivity index (χ3v) is 4.06. The van der Waals surface area contributed by atoms with Crippen molar-refractivity contribution in [3.63, 3.8) is 0 Å². The van der Waals surface area contributed by atoms with E-state index in [9.17, 15) is 4.79 Å². The molecule has 0 saturated heterocycles. The van der Waals surface area contributed by atoms with Crippen molar-refractivity contribution < 1.29 is 9.53 Å². The number of carbonyl (C=O) groups is 1. The first kappa shape index (κ1) is 14.8. The number of anilines is 2. The van der Waals surface area contributed by atoms with Crippen LogP contribution in [-0.2, 0) is 4.74 Å². The fourth-order valence-electron chi connectivity index (χ4n) is 1.84. The highest BCUT2D eigenvalue weighted by Crippen LogP contribution is 2.37. The topological polar surface area (TPSA) is 55.6 Å². The highest BCUT2D eigenvalue weighted by molar-refractivity contribution is 7.20. The SMILES string of the molecule is CCCCN(C)c1sc(N)c(C(=O)OCC)c1C. The van der Waals surface area contributed by atoms with Gasteiger partial charge in [-0.05, 0) is 20.3 Å². The van der Waals surface area contributed by atoms with E-state index in [-0.39, 0.29) is 5.97 Å². The van der Waals surface area contributed by atoms with Crippen molar-refractivity contribution in [1.82, 2.24) is 0 Å². The molecule has 0 aliphatic carbocycles. The predicted octanol–water partition coefficient (Wildman–Crippen LogP) is 3.05. The summed E-state index contributed by atoms with van der Waals surface area (Å²) < 4.78 is 5.03. The summed E-state index contributed by atoms with van der Waals surface area (Å²) in [5.41, 5.74) is 7.38. The predicted molar refractivity (Wildman–Crippen MR) is 77.6 cm³/mol. The summed E-state index contributed by atoms with van der Waals surface area (Å²) in [6.45, 7) is 7.22. The Kier molecular flexibility index (Phi) is 5.47. The van der Waals surface area contributed by atoms with Gasteiger partial charge in [-0.25, -0.2) is 4.79 Å². The van der Waals surface area contributed by atoms with Gasteiger partial charge in [0.2, 0.25) is 0 Å². The van der Waals surface area contributed by atoms with Gasteiger partial charge in [0.15, 0.2) is 0 Å². The van der Waals surface area contributed by atoms with Crippen molar-refractivity contribution in [3.8, 4) is 0 Å². The molecule has 0 amide bonds. The number of nitrogen functional groups attached to an aromatic ring is 1. The number of carbonyl (C=O) groups excluding carboxylic acids is 1. The lowest BCUT2D eigenvalue weighted by molar-refractivity contribution is 0.0527. The number of thiophene rings is 1. The summed E-state index contributed by atoms with van der Waals surface area (Å²) in [6.07, 6.45) is 2.28. The highest BCUT2D eigenvalue weighted by atomic mass is 32.1. The maximum atomic E-state index is 11.8. The molecule has 18 heavy (non-hydrogen) atoms. The average molecular weight is 270 g/mol. The summed E-state index contributed by atoms with van der Waals surface area (Å²) >= 11 is 1.46. The summed E-state index contributed by atoms with van der Waals surface area (Å²) in [4.78, 5) is 14.0. The number of nitrogens with zero attached hydrogens (tertiary/aromatic N) is 1. The second-order valence-corrected chi connectivity index (χ2v) is 5.30. The molecule has 0 radical (unpaired) electrons. The van der Waals surface area contributed by atoms with Crippen LogP contribution in [0.2, 0.25) is 0 Å². The lowest BCUT2D eigenvalue weighted by atomic mass is 10.2. The van der Waals surface area contributed by atoms with Crippen molar-refractivity contribution in [2.75, 3.05) is 30.8 Å². The summed E-state index contributed by atoms with van der Waals surface area (Å²) in [7, 11) is 2.03. The minimum Gasteiger partial charge on any atom is -0.462 e. The molecule has 1 rings (SSSR count). The molecule has 0 spiro atoms. The van der Waals surface area contributed by atoms with Crippen LogP contribution in [0.15, 0.2) is 0 Å². The zero-order chi connectivity index (χ0) is 13.7. The second kappa shape index (κ2) is 6.64. The van der Waals surface area contributed by atoms with E-state index in [0.29, 0.717) is 17.2 Å². The van der Waals surface area contributed by atoms with Gasteiger partial charge in [-0.3, -0.25) is 0 Å². The second-order valence-electron chi connectivity index (χ2n) is 4.27. The molecule has 2 N–H and O–H groups in total. The first-order valence-electron chi connectivity index (χ1n) is 6.30. The first-order chi connectivity index (χ1) is 8.52. The third-order valence-electron chi connectivity index (χ3n) is 2.82. The smallest absolute Gasteiger partial charge is 0.341 e. The van der Waals surface area contributed by atoms with Crippen molar-refractivity contribution in [2.45, 2.75) is 33.6 Å². The van der Waals surface area contributed by atoms with E-state index in [1.54, 1.807) is 6.92 Å². The van der Waals surface area contributed by atoms with Crippen LogP contribution >= 0.6 is 11.3 Å². The van der Waals surface area contributed by atoms with Crippen LogP contribution in [0.1, 0.15) is 42.6 Å². The minimum absolute atomic E-state index is 0.320. The van der Waals surface area contributed by atoms with E-state index in [2.05, 4.69) is 11.8 Å². The molecule has 0 aliphatic heterocycles. The van der Waals surface area contributed by atoms with Crippen LogP contribution < -0.4 is 10.6 Å². The van der Waals surface area contributed by atoms with Gasteiger partial charge in [-0.15, -0.1) is 11.3 Å². The van der Waals surface area contributed by atoms with E-state index in [4.69, 9.17) is 10.5 Å². The normalized spacial score (nSPS) is 10.4. The van der Waals surface area contributed by atoms with Crippen LogP contribution in [0.25, 0.3) is 0 Å². The van der Waals surface area contributed by atoms with Gasteiger partial charge in [0.05, 0.1) is 17.2 Å². The fourth-order valence-corrected chi connectivity index (χ4v) is 2.89. The Morgan fingerprint density at radius 2 is 2.11 bits per heavy atom. The zero-order valence-corrected chi connectivity index (χ0v) is 12.4. The maximum absolute atomic E-state index is 11.8. The standard InChI is InChI=1S/C13H22N2O2S/c1-5-7-8-15(4)12-9(3)10(11(14)18-12)13(16)17-6-2/h5-8,14H2,1-4H3. The summed E-state index contributed by atoms with van der Waals surface area (Å²) in [6, 6.07) is 0. The van der Waals surface area contributed by atoms with E-state index >= 15 is 0 Å². The fraction of sp³-hybridized carbons (Fsp3) is 0.615. The zero-order valence-electron chi connectivity index (χ0n) is 11.6. The Morgan fingerprint density at radius 3 is 2.67 bits per heavy atom. The molecule has 0 fully saturated rings. The molecule has 102 valence electrons. The van der Waals surface area contributed by atoms with Crippen LogP contribution in [0.4, 0.5) is 10.0 Å². The van der Waals surface area contributed by atoms with Gasteiger partial charge in [0, 0.05) is 19.2 Å². The van der Waals surface area contributed by atoms with Crippen LogP contribution in [-0.4, -0.2) is 26.2 Å². The Balaban J connectivity index is 2.96. The van der Waals surface area contributed by atoms with Crippen LogP contribution in [0.3, 0.4) is 0 Å². The molecule has 0 bridgehead atoms. The molecule has 5 heteroatoms. The molecule has 1 aromatic heterocycles. The van der Waals surface area contributed by atoms with E-state index in [1.165, 1.54) is 11.3 Å². The number of nitrogens with two attached hydrogens (primary N) is 1. The Hall–Kier alpha value is -1.23. The first-order valence-corrected chi connectivity index (χ1v) is 7.11. The number of ether oxygens (including phenoxy) is 1. The van der Waals surface area contributed by atoms with Crippen LogP contribution in [0.5, 0.6) is 0 Å². The third kappa shape index (κ3) is 3.16. The van der Waals surface area contributed by atoms with Gasteiger partial charge >= 0.3 is 5.97 Å². The van der Waals surface area contributed by atoms with Gasteiger partial charge in [0.1, 0.15) is 5.00 Å². The molecule has 0 atom stereocenters. The number of unbranched alkanes of at least 4 members (excludes halogenated alkanes) is 1. The molecule has 0 aromatic carbocycles. The maximum Gasteiger partial charge on any atom is 0.341 e. The van der Waals surface area contributed by atoms with E-state index in [1.807, 2.05) is 14.0 Å². The Morgan fingerprint density at radius 1 is 1.44 bits per heavy atom. The molecule has 4 nitrogen and oxygen atoms in total. The highest BCUT2D eigenvalue weighted by Gasteiger charge is 2.22. The Bertz CT molecular complexity index is 415. The van der Waals surface area contributed by atoms with Gasteiger partial charge < -0.3 is 15.4 Å². The molecular weight excluding hydrogens is 248 g/mol. The molecular formula is C13H22N2O2S. The van der Waals surface area contributed by atoms with Gasteiger partial charge in [0.25, 0.3) is 0 Å². The van der Waals surface area contributed by atoms with Crippen LogP contribution in [0, 0.1) is 6.92 Å². The summed E-state index contributed by atoms with van der Waals surface area (Å²) in [5.74, 6) is -0.320. The number of hydrogen-bond acceptors (Lipinski definition) is 5. The quantitative estimate of drug-likeness (QED) is 0.807. The molecule has 0 saturated carbocycles. The lowest BCUT2D eigenvalue weighted by Gasteiger charge is -2.17.